The molecule has 0 unspecified atom stereocenters. The van der Waals surface area contributed by atoms with E-state index in [-0.39, 0.29) is 5.91 Å². The molecule has 3 N–H and O–H groups in total. The Labute approximate surface area is 109 Å². The molecule has 4 nitrogen and oxygen atoms in total. The van der Waals surface area contributed by atoms with Gasteiger partial charge in [0.15, 0.2) is 0 Å². The SMILES string of the molecule is CCC[C@@H](N)C(=O)Nc1ccc(Br)cc1C#N. The molecule has 0 bridgehead atoms. The van der Waals surface area contributed by atoms with Gasteiger partial charge in [0.1, 0.15) is 6.07 Å². The standard InChI is InChI=1S/C12H14BrN3O/c1-2-3-10(15)12(17)16-11-5-4-9(13)6-8(11)7-14/h4-6,10H,2-3,15H2,1H3,(H,16,17)/t10-/m1/s1. The summed E-state index contributed by atoms with van der Waals surface area (Å²) in [7, 11) is 0. The summed E-state index contributed by atoms with van der Waals surface area (Å²) >= 11 is 3.27. The zero-order valence-electron chi connectivity index (χ0n) is 9.53. The Kier molecular flexibility index (Phi) is 5.13. The lowest BCUT2D eigenvalue weighted by molar-refractivity contribution is -0.117. The zero-order valence-corrected chi connectivity index (χ0v) is 11.1. The Balaban J connectivity index is 2.82. The van der Waals surface area contributed by atoms with E-state index in [4.69, 9.17) is 11.0 Å². The molecule has 17 heavy (non-hydrogen) atoms. The molecule has 0 saturated carbocycles. The van der Waals surface area contributed by atoms with E-state index in [0.29, 0.717) is 17.7 Å². The molecule has 0 aliphatic rings. The normalized spacial score (nSPS) is 11.6. The van der Waals surface area contributed by atoms with Gasteiger partial charge in [-0.1, -0.05) is 29.3 Å². The number of nitrogens with two attached hydrogens (primary N) is 1. The van der Waals surface area contributed by atoms with Crippen molar-refractivity contribution >= 4 is 27.5 Å². The molecule has 0 aliphatic heterocycles. The van der Waals surface area contributed by atoms with Gasteiger partial charge in [-0.2, -0.15) is 5.26 Å². The smallest absolute Gasteiger partial charge is 0.241 e. The highest BCUT2D eigenvalue weighted by Gasteiger charge is 2.14. The topological polar surface area (TPSA) is 78.9 Å². The van der Waals surface area contributed by atoms with Crippen molar-refractivity contribution in [2.75, 3.05) is 5.32 Å². The minimum absolute atomic E-state index is 0.259. The van der Waals surface area contributed by atoms with Crippen LogP contribution in [0.1, 0.15) is 25.3 Å². The van der Waals surface area contributed by atoms with Crippen LogP contribution < -0.4 is 11.1 Å². The molecule has 1 aromatic carbocycles. The molecular formula is C12H14BrN3O. The maximum absolute atomic E-state index is 11.7. The fourth-order valence-corrected chi connectivity index (χ4v) is 1.75. The Morgan fingerprint density at radius 2 is 2.35 bits per heavy atom. The quantitative estimate of drug-likeness (QED) is 0.895. The van der Waals surface area contributed by atoms with Gasteiger partial charge in [0.2, 0.25) is 5.91 Å². The van der Waals surface area contributed by atoms with Crippen LogP contribution in [0.25, 0.3) is 0 Å². The number of nitrogens with one attached hydrogen (secondary N) is 1. The van der Waals surface area contributed by atoms with E-state index in [9.17, 15) is 4.79 Å². The Hall–Kier alpha value is -1.38. The molecule has 0 heterocycles. The first kappa shape index (κ1) is 13.7. The van der Waals surface area contributed by atoms with E-state index in [1.165, 1.54) is 0 Å². The van der Waals surface area contributed by atoms with Crippen LogP contribution in [0.15, 0.2) is 22.7 Å². The highest BCUT2D eigenvalue weighted by molar-refractivity contribution is 9.10. The van der Waals surface area contributed by atoms with Crippen molar-refractivity contribution < 1.29 is 4.79 Å². The molecule has 1 aromatic rings. The number of anilines is 1. The molecule has 0 saturated heterocycles. The van der Waals surface area contributed by atoms with E-state index in [2.05, 4.69) is 21.2 Å². The summed E-state index contributed by atoms with van der Waals surface area (Å²) in [5.74, 6) is -0.259. The number of nitrogens with zero attached hydrogens (tertiary/aromatic N) is 1. The van der Waals surface area contributed by atoms with Crippen LogP contribution >= 0.6 is 15.9 Å². The van der Waals surface area contributed by atoms with E-state index >= 15 is 0 Å². The average molecular weight is 296 g/mol. The number of nitriles is 1. The van der Waals surface area contributed by atoms with Crippen LogP contribution in [0.2, 0.25) is 0 Å². The summed E-state index contributed by atoms with van der Waals surface area (Å²) in [5, 5.41) is 11.6. The van der Waals surface area contributed by atoms with Crippen LogP contribution in [0.5, 0.6) is 0 Å². The van der Waals surface area contributed by atoms with Crippen LogP contribution in [0.4, 0.5) is 5.69 Å². The number of rotatable bonds is 4. The van der Waals surface area contributed by atoms with Gasteiger partial charge in [-0.3, -0.25) is 4.79 Å². The summed E-state index contributed by atoms with van der Waals surface area (Å²) in [6.45, 7) is 1.97. The Bertz CT molecular complexity index is 454. The number of hydrogen-bond donors (Lipinski definition) is 2. The average Bonchev–Trinajstić information content (AvgIpc) is 2.31. The van der Waals surface area contributed by atoms with E-state index in [0.717, 1.165) is 10.9 Å². The van der Waals surface area contributed by atoms with Crippen molar-refractivity contribution in [3.8, 4) is 6.07 Å². The van der Waals surface area contributed by atoms with E-state index in [1.807, 2.05) is 13.0 Å². The van der Waals surface area contributed by atoms with Crippen LogP contribution in [0.3, 0.4) is 0 Å². The van der Waals surface area contributed by atoms with Gasteiger partial charge >= 0.3 is 0 Å². The van der Waals surface area contributed by atoms with Crippen molar-refractivity contribution in [3.63, 3.8) is 0 Å². The summed E-state index contributed by atoms with van der Waals surface area (Å²) in [6.07, 6.45) is 1.48. The number of carbonyl (C=O) groups excluding carboxylic acids is 1. The zero-order chi connectivity index (χ0) is 12.8. The van der Waals surface area contributed by atoms with Gasteiger partial charge in [0, 0.05) is 4.47 Å². The van der Waals surface area contributed by atoms with Gasteiger partial charge in [-0.15, -0.1) is 0 Å². The first-order chi connectivity index (χ1) is 8.08. The van der Waals surface area contributed by atoms with Gasteiger partial charge in [0.25, 0.3) is 0 Å². The minimum Gasteiger partial charge on any atom is -0.324 e. The largest absolute Gasteiger partial charge is 0.324 e. The maximum atomic E-state index is 11.7. The van der Waals surface area contributed by atoms with Gasteiger partial charge in [-0.05, 0) is 24.6 Å². The molecular weight excluding hydrogens is 282 g/mol. The number of hydrogen-bond acceptors (Lipinski definition) is 3. The number of halogens is 1. The lowest BCUT2D eigenvalue weighted by Gasteiger charge is -2.12. The molecule has 0 radical (unpaired) electrons. The summed E-state index contributed by atoms with van der Waals surface area (Å²) < 4.78 is 0.796. The third-order valence-electron chi connectivity index (χ3n) is 2.30. The minimum atomic E-state index is -0.532. The third-order valence-corrected chi connectivity index (χ3v) is 2.79. The summed E-state index contributed by atoms with van der Waals surface area (Å²) in [4.78, 5) is 11.7. The van der Waals surface area contributed by atoms with Crippen molar-refractivity contribution in [1.29, 1.82) is 5.26 Å². The fraction of sp³-hybridized carbons (Fsp3) is 0.333. The maximum Gasteiger partial charge on any atom is 0.241 e. The second kappa shape index (κ2) is 6.38. The van der Waals surface area contributed by atoms with Crippen molar-refractivity contribution in [3.05, 3.63) is 28.2 Å². The lowest BCUT2D eigenvalue weighted by atomic mass is 10.1. The number of amides is 1. The second-order valence-corrected chi connectivity index (χ2v) is 4.60. The van der Waals surface area contributed by atoms with Crippen LogP contribution in [0, 0.1) is 11.3 Å². The highest BCUT2D eigenvalue weighted by Crippen LogP contribution is 2.20. The van der Waals surface area contributed by atoms with Crippen LogP contribution in [-0.2, 0) is 4.79 Å². The molecule has 0 aromatic heterocycles. The molecule has 1 amide bonds. The van der Waals surface area contributed by atoms with Crippen molar-refractivity contribution in [2.45, 2.75) is 25.8 Å². The molecule has 90 valence electrons. The van der Waals surface area contributed by atoms with Gasteiger partial charge in [-0.25, -0.2) is 0 Å². The van der Waals surface area contributed by atoms with E-state index < -0.39 is 6.04 Å². The van der Waals surface area contributed by atoms with Crippen molar-refractivity contribution in [1.82, 2.24) is 0 Å². The van der Waals surface area contributed by atoms with Gasteiger partial charge in [0.05, 0.1) is 17.3 Å². The molecule has 0 aliphatic carbocycles. The molecule has 1 atom stereocenters. The lowest BCUT2D eigenvalue weighted by Crippen LogP contribution is -2.35. The molecule has 0 fully saturated rings. The summed E-state index contributed by atoms with van der Waals surface area (Å²) in [6, 6.07) is 6.59. The van der Waals surface area contributed by atoms with Crippen molar-refractivity contribution in [2.24, 2.45) is 5.73 Å². The Morgan fingerprint density at radius 3 is 2.94 bits per heavy atom. The molecule has 0 spiro atoms. The molecule has 5 heteroatoms. The van der Waals surface area contributed by atoms with Crippen LogP contribution in [-0.4, -0.2) is 11.9 Å². The monoisotopic (exact) mass is 295 g/mol. The predicted octanol–water partition coefficient (Wildman–Crippen LogP) is 2.39. The number of carbonyl (C=O) groups is 1. The second-order valence-electron chi connectivity index (χ2n) is 3.69. The Morgan fingerprint density at radius 1 is 1.65 bits per heavy atom. The predicted molar refractivity (Wildman–Crippen MR) is 70.4 cm³/mol. The van der Waals surface area contributed by atoms with E-state index in [1.54, 1.807) is 18.2 Å². The number of benzene rings is 1. The highest BCUT2D eigenvalue weighted by atomic mass is 79.9. The fourth-order valence-electron chi connectivity index (χ4n) is 1.39. The van der Waals surface area contributed by atoms with Gasteiger partial charge < -0.3 is 11.1 Å². The molecule has 1 rings (SSSR count). The summed E-state index contributed by atoms with van der Waals surface area (Å²) in [5.41, 5.74) is 6.60. The third kappa shape index (κ3) is 3.84. The first-order valence-corrected chi connectivity index (χ1v) is 6.14. The first-order valence-electron chi connectivity index (χ1n) is 5.34.